The van der Waals surface area contributed by atoms with Crippen LogP contribution < -0.4 is 11.1 Å². The summed E-state index contributed by atoms with van der Waals surface area (Å²) in [6, 6.07) is 0.0954. The maximum absolute atomic E-state index is 11.6. The molecule has 0 aromatic rings. The highest BCUT2D eigenvalue weighted by molar-refractivity contribution is 5.75. The Kier molecular flexibility index (Phi) is 18.8. The number of hydrogen-bond donors (Lipinski definition) is 2. The van der Waals surface area contributed by atoms with Gasteiger partial charge in [-0.25, -0.2) is 0 Å². The van der Waals surface area contributed by atoms with Crippen LogP contribution in [0.25, 0.3) is 0 Å². The Morgan fingerprint density at radius 3 is 1.92 bits per heavy atom. The van der Waals surface area contributed by atoms with E-state index in [9.17, 15) is 4.79 Å². The van der Waals surface area contributed by atoms with Crippen LogP contribution in [0.1, 0.15) is 110 Å². The molecule has 0 aromatic heterocycles. The summed E-state index contributed by atoms with van der Waals surface area (Å²) in [7, 11) is 0. The molecular weight excluding hydrogens is 308 g/mol. The van der Waals surface area contributed by atoms with Gasteiger partial charge in [0.1, 0.15) is 0 Å². The molecule has 0 aromatic carbocycles. The monoisotopic (exact) mass is 352 g/mol. The molecule has 0 fully saturated rings. The van der Waals surface area contributed by atoms with Gasteiger partial charge in [-0.15, -0.1) is 0 Å². The fourth-order valence-corrected chi connectivity index (χ4v) is 2.83. The van der Waals surface area contributed by atoms with Crippen LogP contribution in [-0.2, 0) is 4.79 Å². The number of carbonyl (C=O) groups is 1. The Morgan fingerprint density at radius 2 is 1.36 bits per heavy atom. The molecule has 0 saturated heterocycles. The van der Waals surface area contributed by atoms with Gasteiger partial charge in [0.15, 0.2) is 0 Å². The van der Waals surface area contributed by atoms with E-state index in [1.165, 1.54) is 70.6 Å². The molecule has 0 rings (SSSR count). The largest absolute Gasteiger partial charge is 0.355 e. The van der Waals surface area contributed by atoms with Gasteiger partial charge in [0.2, 0.25) is 5.91 Å². The van der Waals surface area contributed by atoms with Gasteiger partial charge in [-0.3, -0.25) is 4.79 Å². The molecule has 0 spiro atoms. The van der Waals surface area contributed by atoms with E-state index in [0.29, 0.717) is 13.0 Å². The zero-order valence-electron chi connectivity index (χ0n) is 17.0. The minimum Gasteiger partial charge on any atom is -0.355 e. The molecule has 0 aliphatic heterocycles. The summed E-state index contributed by atoms with van der Waals surface area (Å²) in [6.07, 6.45) is 23.0. The summed E-state index contributed by atoms with van der Waals surface area (Å²) in [6.45, 7) is 4.92. The molecule has 3 N–H and O–H groups in total. The summed E-state index contributed by atoms with van der Waals surface area (Å²) >= 11 is 0. The normalized spacial score (nSPS) is 12.6. The first kappa shape index (κ1) is 24.2. The van der Waals surface area contributed by atoms with Crippen LogP contribution in [0.4, 0.5) is 0 Å². The van der Waals surface area contributed by atoms with Crippen LogP contribution in [0.2, 0.25) is 0 Å². The van der Waals surface area contributed by atoms with Crippen molar-refractivity contribution in [2.75, 3.05) is 6.54 Å². The average Bonchev–Trinajstić information content (AvgIpc) is 2.62. The average molecular weight is 353 g/mol. The number of nitrogens with one attached hydrogen (secondary N) is 1. The van der Waals surface area contributed by atoms with Gasteiger partial charge < -0.3 is 11.1 Å². The number of rotatable bonds is 18. The summed E-state index contributed by atoms with van der Waals surface area (Å²) in [4.78, 5) is 11.6. The molecule has 0 saturated carbocycles. The van der Waals surface area contributed by atoms with Gasteiger partial charge in [0.05, 0.1) is 0 Å². The number of allylic oxidation sites excluding steroid dienone is 2. The topological polar surface area (TPSA) is 55.1 Å². The van der Waals surface area contributed by atoms with Gasteiger partial charge in [0.25, 0.3) is 0 Å². The predicted molar refractivity (Wildman–Crippen MR) is 111 cm³/mol. The lowest BCUT2D eigenvalue weighted by Crippen LogP contribution is -2.36. The second-order valence-electron chi connectivity index (χ2n) is 7.31. The van der Waals surface area contributed by atoms with Crippen molar-refractivity contribution in [3.8, 4) is 0 Å². The molecule has 0 aliphatic rings. The van der Waals surface area contributed by atoms with Crippen molar-refractivity contribution < 1.29 is 4.79 Å². The first-order valence-electron chi connectivity index (χ1n) is 10.9. The standard InChI is InChI=1S/C22H44N2O/c1-3-5-6-7-8-9-10-11-12-13-14-15-16-17-18-19-22(25)24-20-21(23)4-2/h11-12,21H,3-10,13-20,23H2,1-2H3,(H,24,25)/b12-11-. The summed E-state index contributed by atoms with van der Waals surface area (Å²) in [5.41, 5.74) is 5.79. The van der Waals surface area contributed by atoms with Crippen LogP contribution in [0, 0.1) is 0 Å². The lowest BCUT2D eigenvalue weighted by Gasteiger charge is -2.10. The maximum Gasteiger partial charge on any atom is 0.220 e. The van der Waals surface area contributed by atoms with E-state index in [1.807, 2.05) is 6.92 Å². The highest BCUT2D eigenvalue weighted by atomic mass is 16.1. The predicted octanol–water partition coefficient (Wildman–Crippen LogP) is 5.88. The maximum atomic E-state index is 11.6. The second-order valence-corrected chi connectivity index (χ2v) is 7.31. The number of unbranched alkanes of at least 4 members (excludes halogenated alkanes) is 11. The number of nitrogens with two attached hydrogens (primary N) is 1. The van der Waals surface area contributed by atoms with Crippen molar-refractivity contribution in [3.63, 3.8) is 0 Å². The Hall–Kier alpha value is -0.830. The molecule has 3 nitrogen and oxygen atoms in total. The van der Waals surface area contributed by atoms with Gasteiger partial charge >= 0.3 is 0 Å². The molecule has 0 heterocycles. The van der Waals surface area contributed by atoms with Crippen molar-refractivity contribution in [3.05, 3.63) is 12.2 Å². The molecule has 0 bridgehead atoms. The minimum absolute atomic E-state index is 0.0954. The fraction of sp³-hybridized carbons (Fsp3) is 0.864. The first-order valence-corrected chi connectivity index (χ1v) is 10.9. The molecule has 1 atom stereocenters. The Balaban J connectivity index is 3.22. The van der Waals surface area contributed by atoms with Gasteiger partial charge in [0, 0.05) is 19.0 Å². The van der Waals surface area contributed by atoms with Crippen molar-refractivity contribution >= 4 is 5.91 Å². The van der Waals surface area contributed by atoms with Crippen LogP contribution >= 0.6 is 0 Å². The van der Waals surface area contributed by atoms with Crippen LogP contribution in [0.15, 0.2) is 12.2 Å². The molecule has 1 unspecified atom stereocenters. The number of carbonyl (C=O) groups excluding carboxylic acids is 1. The highest BCUT2D eigenvalue weighted by Gasteiger charge is 2.03. The summed E-state index contributed by atoms with van der Waals surface area (Å²) in [5, 5.41) is 2.91. The van der Waals surface area contributed by atoms with E-state index >= 15 is 0 Å². The first-order chi connectivity index (χ1) is 12.2. The van der Waals surface area contributed by atoms with Crippen molar-refractivity contribution in [2.24, 2.45) is 5.73 Å². The Labute approximate surface area is 157 Å². The molecule has 1 amide bonds. The molecule has 0 radical (unpaired) electrons. The van der Waals surface area contributed by atoms with Crippen molar-refractivity contribution in [1.29, 1.82) is 0 Å². The van der Waals surface area contributed by atoms with E-state index in [1.54, 1.807) is 0 Å². The smallest absolute Gasteiger partial charge is 0.220 e. The van der Waals surface area contributed by atoms with E-state index in [2.05, 4.69) is 24.4 Å². The molecule has 148 valence electrons. The van der Waals surface area contributed by atoms with Gasteiger partial charge in [-0.1, -0.05) is 77.4 Å². The van der Waals surface area contributed by atoms with Gasteiger partial charge in [-0.05, 0) is 38.5 Å². The lowest BCUT2D eigenvalue weighted by atomic mass is 10.1. The van der Waals surface area contributed by atoms with E-state index in [0.717, 1.165) is 19.3 Å². The van der Waals surface area contributed by atoms with Crippen LogP contribution in [-0.4, -0.2) is 18.5 Å². The third-order valence-corrected chi connectivity index (χ3v) is 4.75. The Morgan fingerprint density at radius 1 is 0.840 bits per heavy atom. The van der Waals surface area contributed by atoms with Crippen LogP contribution in [0.3, 0.4) is 0 Å². The zero-order chi connectivity index (χ0) is 18.6. The fourth-order valence-electron chi connectivity index (χ4n) is 2.83. The molecular formula is C22H44N2O. The quantitative estimate of drug-likeness (QED) is 0.239. The molecule has 3 heteroatoms. The van der Waals surface area contributed by atoms with E-state index < -0.39 is 0 Å². The van der Waals surface area contributed by atoms with Crippen molar-refractivity contribution in [1.82, 2.24) is 5.32 Å². The van der Waals surface area contributed by atoms with Crippen molar-refractivity contribution in [2.45, 2.75) is 116 Å². The Bertz CT molecular complexity index is 315. The third kappa shape index (κ3) is 19.3. The van der Waals surface area contributed by atoms with E-state index in [-0.39, 0.29) is 11.9 Å². The third-order valence-electron chi connectivity index (χ3n) is 4.75. The van der Waals surface area contributed by atoms with Crippen LogP contribution in [0.5, 0.6) is 0 Å². The highest BCUT2D eigenvalue weighted by Crippen LogP contribution is 2.09. The second kappa shape index (κ2) is 19.5. The SMILES string of the molecule is CCCCCCCC/C=C\CCCCCCCC(=O)NCC(N)CC. The van der Waals surface area contributed by atoms with Gasteiger partial charge in [-0.2, -0.15) is 0 Å². The molecule has 0 aliphatic carbocycles. The summed E-state index contributed by atoms with van der Waals surface area (Å²) < 4.78 is 0. The number of hydrogen-bond acceptors (Lipinski definition) is 2. The number of amides is 1. The van der Waals surface area contributed by atoms with E-state index in [4.69, 9.17) is 5.73 Å². The zero-order valence-corrected chi connectivity index (χ0v) is 17.0. The molecule has 25 heavy (non-hydrogen) atoms. The minimum atomic E-state index is 0.0954. The summed E-state index contributed by atoms with van der Waals surface area (Å²) in [5.74, 6) is 0.154. The lowest BCUT2D eigenvalue weighted by molar-refractivity contribution is -0.121.